The number of carbonyl (C=O) groups is 1. The lowest BCUT2D eigenvalue weighted by Crippen LogP contribution is -2.26. The lowest BCUT2D eigenvalue weighted by Gasteiger charge is -2.17. The number of amides is 1. The Bertz CT molecular complexity index is 585. The molecule has 0 spiro atoms. The van der Waals surface area contributed by atoms with Crippen LogP contribution in [-0.4, -0.2) is 24.5 Å². The molecule has 1 aromatic heterocycles. The third kappa shape index (κ3) is 5.11. The Morgan fingerprint density at radius 1 is 1.23 bits per heavy atom. The third-order valence-corrected chi connectivity index (χ3v) is 3.93. The molecule has 6 heteroatoms. The van der Waals surface area contributed by atoms with Gasteiger partial charge in [-0.05, 0) is 46.5 Å². The molecule has 0 bridgehead atoms. The van der Waals surface area contributed by atoms with Gasteiger partial charge in [0.25, 0.3) is 0 Å². The van der Waals surface area contributed by atoms with Crippen molar-refractivity contribution in [3.8, 4) is 5.75 Å². The summed E-state index contributed by atoms with van der Waals surface area (Å²) >= 11 is 1.62. The van der Waals surface area contributed by atoms with Gasteiger partial charge in [0.15, 0.2) is 0 Å². The Kier molecular flexibility index (Phi) is 5.89. The smallest absolute Gasteiger partial charge is 0.387 e. The monoisotopic (exact) mass is 325 g/mol. The Morgan fingerprint density at radius 2 is 1.95 bits per heavy atom. The molecule has 0 aliphatic carbocycles. The summed E-state index contributed by atoms with van der Waals surface area (Å²) in [4.78, 5) is 13.7. The average Bonchev–Trinajstić information content (AvgIpc) is 2.99. The summed E-state index contributed by atoms with van der Waals surface area (Å²) in [5, 5.41) is 4.03. The van der Waals surface area contributed by atoms with E-state index in [1.165, 1.54) is 17.7 Å². The fraction of sp³-hybridized carbons (Fsp3) is 0.312. The van der Waals surface area contributed by atoms with Crippen LogP contribution < -0.4 is 4.74 Å². The Hall–Kier alpha value is -1.95. The van der Waals surface area contributed by atoms with Gasteiger partial charge in [0.1, 0.15) is 5.75 Å². The van der Waals surface area contributed by atoms with Gasteiger partial charge < -0.3 is 9.64 Å². The van der Waals surface area contributed by atoms with Crippen LogP contribution in [0.1, 0.15) is 17.5 Å². The predicted octanol–water partition coefficient (Wildman–Crippen LogP) is 3.94. The van der Waals surface area contributed by atoms with E-state index in [2.05, 4.69) is 4.74 Å². The number of hydrogen-bond donors (Lipinski definition) is 0. The first-order valence-corrected chi connectivity index (χ1v) is 7.77. The zero-order valence-corrected chi connectivity index (χ0v) is 13.0. The fourth-order valence-electron chi connectivity index (χ4n) is 2.02. The lowest BCUT2D eigenvalue weighted by atomic mass is 10.1. The topological polar surface area (TPSA) is 29.5 Å². The maximum absolute atomic E-state index is 12.1. The average molecular weight is 325 g/mol. The zero-order chi connectivity index (χ0) is 15.9. The standard InChI is InChI=1S/C16H17F2NO2S/c1-19(15(20)7-4-13-8-9-22-11-13)10-12-2-5-14(6-3-12)21-16(17)18/h2-3,5-6,8-9,11,16H,4,7,10H2,1H3. The SMILES string of the molecule is CN(Cc1ccc(OC(F)F)cc1)C(=O)CCc1ccsc1. The highest BCUT2D eigenvalue weighted by molar-refractivity contribution is 7.07. The molecule has 0 saturated carbocycles. The van der Waals surface area contributed by atoms with Crippen LogP contribution in [0.3, 0.4) is 0 Å². The molecule has 0 fully saturated rings. The van der Waals surface area contributed by atoms with Crippen molar-refractivity contribution in [1.29, 1.82) is 0 Å². The van der Waals surface area contributed by atoms with E-state index < -0.39 is 6.61 Å². The van der Waals surface area contributed by atoms with Crippen LogP contribution in [0.5, 0.6) is 5.75 Å². The van der Waals surface area contributed by atoms with Crippen molar-refractivity contribution in [2.45, 2.75) is 26.0 Å². The molecule has 22 heavy (non-hydrogen) atoms. The first kappa shape index (κ1) is 16.4. The highest BCUT2D eigenvalue weighted by Crippen LogP contribution is 2.16. The molecule has 0 saturated heterocycles. The summed E-state index contributed by atoms with van der Waals surface area (Å²) in [6, 6.07) is 8.33. The summed E-state index contributed by atoms with van der Waals surface area (Å²) in [6.07, 6.45) is 1.19. The number of thiophene rings is 1. The quantitative estimate of drug-likeness (QED) is 0.772. The van der Waals surface area contributed by atoms with Crippen LogP contribution in [0, 0.1) is 0 Å². The van der Waals surface area contributed by atoms with Gasteiger partial charge in [-0.2, -0.15) is 20.1 Å². The van der Waals surface area contributed by atoms with Crippen LogP contribution in [0.2, 0.25) is 0 Å². The number of hydrogen-bond acceptors (Lipinski definition) is 3. The maximum atomic E-state index is 12.1. The molecule has 0 N–H and O–H groups in total. The van der Waals surface area contributed by atoms with Crippen LogP contribution in [0.25, 0.3) is 0 Å². The highest BCUT2D eigenvalue weighted by atomic mass is 32.1. The van der Waals surface area contributed by atoms with Gasteiger partial charge in [0.2, 0.25) is 5.91 Å². The summed E-state index contributed by atoms with van der Waals surface area (Å²) < 4.78 is 28.4. The highest BCUT2D eigenvalue weighted by Gasteiger charge is 2.10. The minimum absolute atomic E-state index is 0.0547. The van der Waals surface area contributed by atoms with E-state index in [-0.39, 0.29) is 11.7 Å². The molecule has 0 radical (unpaired) electrons. The second kappa shape index (κ2) is 7.89. The molecule has 0 aliphatic heterocycles. The Morgan fingerprint density at radius 3 is 2.55 bits per heavy atom. The molecular weight excluding hydrogens is 308 g/mol. The maximum Gasteiger partial charge on any atom is 0.387 e. The van der Waals surface area contributed by atoms with Gasteiger partial charge in [-0.15, -0.1) is 0 Å². The van der Waals surface area contributed by atoms with E-state index in [1.807, 2.05) is 16.8 Å². The lowest BCUT2D eigenvalue weighted by molar-refractivity contribution is -0.130. The van der Waals surface area contributed by atoms with E-state index >= 15 is 0 Å². The molecule has 0 unspecified atom stereocenters. The summed E-state index contributed by atoms with van der Waals surface area (Å²) in [5.41, 5.74) is 2.04. The predicted molar refractivity (Wildman–Crippen MR) is 82.2 cm³/mol. The van der Waals surface area contributed by atoms with Crippen molar-refractivity contribution in [3.05, 3.63) is 52.2 Å². The van der Waals surface area contributed by atoms with Gasteiger partial charge in [0, 0.05) is 20.0 Å². The minimum atomic E-state index is -2.83. The number of carbonyl (C=O) groups excluding carboxylic acids is 1. The van der Waals surface area contributed by atoms with Gasteiger partial charge >= 0.3 is 6.61 Å². The van der Waals surface area contributed by atoms with E-state index in [0.717, 1.165) is 12.0 Å². The second-order valence-electron chi connectivity index (χ2n) is 4.90. The molecular formula is C16H17F2NO2S. The number of rotatable bonds is 7. The van der Waals surface area contributed by atoms with E-state index in [4.69, 9.17) is 0 Å². The van der Waals surface area contributed by atoms with Crippen LogP contribution >= 0.6 is 11.3 Å². The van der Waals surface area contributed by atoms with Crippen molar-refractivity contribution < 1.29 is 18.3 Å². The second-order valence-corrected chi connectivity index (χ2v) is 5.68. The van der Waals surface area contributed by atoms with Crippen LogP contribution in [0.4, 0.5) is 8.78 Å². The normalized spacial score (nSPS) is 10.7. The Labute approximate surface area is 132 Å². The van der Waals surface area contributed by atoms with Crippen molar-refractivity contribution in [2.75, 3.05) is 7.05 Å². The number of benzene rings is 1. The number of alkyl halides is 2. The molecule has 0 aliphatic rings. The van der Waals surface area contributed by atoms with E-state index in [0.29, 0.717) is 13.0 Å². The molecule has 1 amide bonds. The Balaban J connectivity index is 1.82. The van der Waals surface area contributed by atoms with Crippen LogP contribution in [-0.2, 0) is 17.8 Å². The minimum Gasteiger partial charge on any atom is -0.435 e. The van der Waals surface area contributed by atoms with E-state index in [1.54, 1.807) is 35.4 Å². The van der Waals surface area contributed by atoms with Crippen molar-refractivity contribution in [1.82, 2.24) is 4.90 Å². The van der Waals surface area contributed by atoms with Gasteiger partial charge in [0.05, 0.1) is 0 Å². The van der Waals surface area contributed by atoms with Gasteiger partial charge in [-0.1, -0.05) is 12.1 Å². The summed E-state index contributed by atoms with van der Waals surface area (Å²) in [7, 11) is 1.74. The number of halogens is 2. The molecule has 3 nitrogen and oxygen atoms in total. The van der Waals surface area contributed by atoms with Crippen LogP contribution in [0.15, 0.2) is 41.1 Å². The van der Waals surface area contributed by atoms with E-state index in [9.17, 15) is 13.6 Å². The van der Waals surface area contributed by atoms with Gasteiger partial charge in [-0.3, -0.25) is 4.79 Å². The summed E-state index contributed by atoms with van der Waals surface area (Å²) in [5.74, 6) is 0.171. The number of aryl methyl sites for hydroxylation is 1. The molecule has 0 atom stereocenters. The fourth-order valence-corrected chi connectivity index (χ4v) is 2.72. The zero-order valence-electron chi connectivity index (χ0n) is 12.2. The molecule has 1 heterocycles. The van der Waals surface area contributed by atoms with Crippen molar-refractivity contribution in [3.63, 3.8) is 0 Å². The largest absolute Gasteiger partial charge is 0.435 e. The number of ether oxygens (including phenoxy) is 1. The van der Waals surface area contributed by atoms with Crippen molar-refractivity contribution in [2.24, 2.45) is 0 Å². The molecule has 118 valence electrons. The van der Waals surface area contributed by atoms with Crippen molar-refractivity contribution >= 4 is 17.2 Å². The number of nitrogens with zero attached hydrogens (tertiary/aromatic N) is 1. The first-order valence-electron chi connectivity index (χ1n) is 6.83. The summed E-state index contributed by atoms with van der Waals surface area (Å²) in [6.45, 7) is -2.38. The molecule has 2 aromatic rings. The molecule has 2 rings (SSSR count). The van der Waals surface area contributed by atoms with Gasteiger partial charge in [-0.25, -0.2) is 0 Å². The third-order valence-electron chi connectivity index (χ3n) is 3.20. The first-order chi connectivity index (χ1) is 10.5. The molecule has 1 aromatic carbocycles.